The lowest BCUT2D eigenvalue weighted by atomic mass is 9.88. The number of fused-ring (bicyclic) bond motifs is 1. The monoisotopic (exact) mass is 446 g/mol. The number of nitrogens with one attached hydrogen (secondary N) is 1. The maximum atomic E-state index is 13.2. The van der Waals surface area contributed by atoms with Crippen LogP contribution in [0.5, 0.6) is 0 Å². The second-order valence-electron chi connectivity index (χ2n) is 10.1. The second kappa shape index (κ2) is 8.20. The third-order valence-corrected chi connectivity index (χ3v) is 8.19. The Balaban J connectivity index is 1.46. The van der Waals surface area contributed by atoms with Crippen LogP contribution in [0.1, 0.15) is 52.5 Å². The van der Waals surface area contributed by atoms with Crippen LogP contribution in [-0.4, -0.2) is 67.7 Å². The first-order valence-electron chi connectivity index (χ1n) is 11.3. The van der Waals surface area contributed by atoms with E-state index in [9.17, 15) is 13.2 Å². The van der Waals surface area contributed by atoms with E-state index in [-0.39, 0.29) is 16.3 Å². The van der Waals surface area contributed by atoms with Crippen molar-refractivity contribution in [3.8, 4) is 0 Å². The van der Waals surface area contributed by atoms with Gasteiger partial charge in [-0.3, -0.25) is 9.69 Å². The number of nitrogens with zero attached hydrogens (tertiary/aromatic N) is 3. The average molecular weight is 447 g/mol. The molecule has 0 aliphatic carbocycles. The van der Waals surface area contributed by atoms with E-state index in [4.69, 9.17) is 0 Å². The quantitative estimate of drug-likeness (QED) is 0.768. The number of rotatable bonds is 4. The Bertz CT molecular complexity index is 978. The lowest BCUT2D eigenvalue weighted by molar-refractivity contribution is -0.125. The zero-order valence-corrected chi connectivity index (χ0v) is 19.8. The van der Waals surface area contributed by atoms with Crippen LogP contribution in [0.3, 0.4) is 0 Å². The number of carbonyl (C=O) groups excluding carboxylic acids is 1. The summed E-state index contributed by atoms with van der Waals surface area (Å²) in [4.78, 5) is 17.8. The van der Waals surface area contributed by atoms with Gasteiger partial charge in [0, 0.05) is 37.3 Å². The summed E-state index contributed by atoms with van der Waals surface area (Å²) in [6.07, 6.45) is 2.79. The summed E-state index contributed by atoms with van der Waals surface area (Å²) in [5.41, 5.74) is 0.460. The minimum absolute atomic E-state index is 0.0480. The second-order valence-corrected chi connectivity index (χ2v) is 11.7. The van der Waals surface area contributed by atoms with E-state index < -0.39 is 16.1 Å². The molecule has 1 aromatic rings. The van der Waals surface area contributed by atoms with Crippen LogP contribution in [0, 0.1) is 11.8 Å². The topological polar surface area (TPSA) is 82.1 Å². The van der Waals surface area contributed by atoms with Crippen molar-refractivity contribution in [1.29, 1.82) is 0 Å². The summed E-state index contributed by atoms with van der Waals surface area (Å²) in [6, 6.07) is 6.47. The Morgan fingerprint density at radius 1 is 1.19 bits per heavy atom. The van der Waals surface area contributed by atoms with Crippen molar-refractivity contribution in [3.05, 3.63) is 29.8 Å². The molecule has 7 nitrogen and oxygen atoms in total. The highest BCUT2D eigenvalue weighted by Crippen LogP contribution is 2.31. The SMILES string of the molecule is CC1CC(C)CN(C(C)(C)CNC(=O)[C@@H]2CCCN2C2=NS(=O)(=O)c3ccccc32)C1. The van der Waals surface area contributed by atoms with E-state index >= 15 is 0 Å². The van der Waals surface area contributed by atoms with Gasteiger partial charge in [0.1, 0.15) is 10.9 Å². The largest absolute Gasteiger partial charge is 0.352 e. The third-order valence-electron chi connectivity index (χ3n) is 6.86. The molecule has 0 bridgehead atoms. The van der Waals surface area contributed by atoms with E-state index in [2.05, 4.69) is 42.3 Å². The van der Waals surface area contributed by atoms with Gasteiger partial charge in [0.2, 0.25) is 5.91 Å². The molecule has 2 saturated heterocycles. The van der Waals surface area contributed by atoms with Gasteiger partial charge in [-0.15, -0.1) is 4.40 Å². The molecule has 3 heterocycles. The van der Waals surface area contributed by atoms with E-state index in [0.717, 1.165) is 19.5 Å². The molecular formula is C23H34N4O3S. The molecule has 2 unspecified atom stereocenters. The van der Waals surface area contributed by atoms with Gasteiger partial charge < -0.3 is 10.2 Å². The molecule has 1 N–H and O–H groups in total. The molecule has 3 aliphatic rings. The number of carbonyl (C=O) groups is 1. The highest BCUT2D eigenvalue weighted by molar-refractivity contribution is 7.90. The summed E-state index contributed by atoms with van der Waals surface area (Å²) >= 11 is 0. The molecule has 0 saturated carbocycles. The number of benzene rings is 1. The summed E-state index contributed by atoms with van der Waals surface area (Å²) in [5.74, 6) is 1.68. The molecule has 31 heavy (non-hydrogen) atoms. The van der Waals surface area contributed by atoms with Crippen LogP contribution in [-0.2, 0) is 14.8 Å². The fourth-order valence-electron chi connectivity index (χ4n) is 5.28. The summed E-state index contributed by atoms with van der Waals surface area (Å²) in [6.45, 7) is 12.3. The van der Waals surface area contributed by atoms with Gasteiger partial charge in [-0.1, -0.05) is 26.0 Å². The summed E-state index contributed by atoms with van der Waals surface area (Å²) in [7, 11) is -3.69. The van der Waals surface area contributed by atoms with E-state index in [1.807, 2.05) is 11.0 Å². The molecule has 2 fully saturated rings. The maximum Gasteiger partial charge on any atom is 0.285 e. The molecule has 1 amide bonds. The highest BCUT2D eigenvalue weighted by Gasteiger charge is 2.40. The van der Waals surface area contributed by atoms with Crippen molar-refractivity contribution in [2.75, 3.05) is 26.2 Å². The molecule has 170 valence electrons. The first kappa shape index (κ1) is 22.3. The number of amidine groups is 1. The van der Waals surface area contributed by atoms with Crippen LogP contribution in [0.2, 0.25) is 0 Å². The molecule has 1 aromatic carbocycles. The Kier molecular flexibility index (Phi) is 5.89. The fraction of sp³-hybridized carbons (Fsp3) is 0.652. The highest BCUT2D eigenvalue weighted by atomic mass is 32.2. The van der Waals surface area contributed by atoms with Crippen LogP contribution in [0.25, 0.3) is 0 Å². The van der Waals surface area contributed by atoms with E-state index in [1.165, 1.54) is 6.42 Å². The lowest BCUT2D eigenvalue weighted by Gasteiger charge is -2.45. The minimum atomic E-state index is -3.69. The number of piperidine rings is 1. The van der Waals surface area contributed by atoms with Gasteiger partial charge in [-0.05, 0) is 57.1 Å². The van der Waals surface area contributed by atoms with Crippen LogP contribution in [0.4, 0.5) is 0 Å². The molecule has 3 aliphatic heterocycles. The van der Waals surface area contributed by atoms with Crippen LogP contribution < -0.4 is 5.32 Å². The lowest BCUT2D eigenvalue weighted by Crippen LogP contribution is -2.57. The van der Waals surface area contributed by atoms with Crippen molar-refractivity contribution in [2.45, 2.75) is 63.4 Å². The standard InChI is InChI=1S/C23H34N4O3S/c1-16-12-17(2)14-26(13-16)23(3,4)15-24-22(28)19-9-7-11-27(19)21-18-8-5-6-10-20(18)31(29,30)25-21/h5-6,8,10,16-17,19H,7,9,11-15H2,1-4H3,(H,24,28)/t16?,17?,19-/m0/s1. The zero-order valence-electron chi connectivity index (χ0n) is 19.0. The van der Waals surface area contributed by atoms with E-state index in [1.54, 1.807) is 18.2 Å². The van der Waals surface area contributed by atoms with Gasteiger partial charge in [-0.25, -0.2) is 0 Å². The Labute approximate surface area is 186 Å². The van der Waals surface area contributed by atoms with Crippen molar-refractivity contribution in [1.82, 2.24) is 15.1 Å². The van der Waals surface area contributed by atoms with Crippen molar-refractivity contribution in [3.63, 3.8) is 0 Å². The smallest absolute Gasteiger partial charge is 0.285 e. The van der Waals surface area contributed by atoms with Crippen molar-refractivity contribution >= 4 is 21.8 Å². The third kappa shape index (κ3) is 4.37. The number of hydrogen-bond donors (Lipinski definition) is 1. The number of hydrogen-bond acceptors (Lipinski definition) is 5. The number of sulfonamides is 1. The zero-order chi connectivity index (χ0) is 22.4. The normalized spacial score (nSPS) is 28.3. The molecule has 4 rings (SSSR count). The van der Waals surface area contributed by atoms with Crippen molar-refractivity contribution < 1.29 is 13.2 Å². The predicted molar refractivity (Wildman–Crippen MR) is 121 cm³/mol. The first-order chi connectivity index (χ1) is 14.6. The fourth-order valence-corrected chi connectivity index (χ4v) is 6.50. The first-order valence-corrected chi connectivity index (χ1v) is 12.8. The maximum absolute atomic E-state index is 13.2. The molecule has 8 heteroatoms. The van der Waals surface area contributed by atoms with Gasteiger partial charge >= 0.3 is 0 Å². The van der Waals surface area contributed by atoms with Gasteiger partial charge in [0.05, 0.1) is 0 Å². The molecular weight excluding hydrogens is 412 g/mol. The summed E-state index contributed by atoms with van der Waals surface area (Å²) in [5, 5.41) is 3.16. The molecule has 3 atom stereocenters. The van der Waals surface area contributed by atoms with Gasteiger partial charge in [-0.2, -0.15) is 8.42 Å². The van der Waals surface area contributed by atoms with Crippen molar-refractivity contribution in [2.24, 2.45) is 16.2 Å². The number of likely N-dealkylation sites (tertiary alicyclic amines) is 2. The molecule has 0 aromatic heterocycles. The van der Waals surface area contributed by atoms with Crippen LogP contribution in [0.15, 0.2) is 33.6 Å². The molecule has 0 spiro atoms. The Hall–Kier alpha value is -1.93. The van der Waals surface area contributed by atoms with Gasteiger partial charge in [0.15, 0.2) is 5.84 Å². The van der Waals surface area contributed by atoms with E-state index in [0.29, 0.717) is 42.7 Å². The minimum Gasteiger partial charge on any atom is -0.352 e. The Morgan fingerprint density at radius 3 is 2.58 bits per heavy atom. The Morgan fingerprint density at radius 2 is 1.87 bits per heavy atom. The average Bonchev–Trinajstić information content (AvgIpc) is 3.28. The van der Waals surface area contributed by atoms with Gasteiger partial charge in [0.25, 0.3) is 10.0 Å². The summed E-state index contributed by atoms with van der Waals surface area (Å²) < 4.78 is 29.0. The van der Waals surface area contributed by atoms with Crippen LogP contribution >= 0.6 is 0 Å². The predicted octanol–water partition coefficient (Wildman–Crippen LogP) is 2.47. The number of amides is 1. The molecule has 0 radical (unpaired) electrons.